The van der Waals surface area contributed by atoms with Gasteiger partial charge in [-0.25, -0.2) is 0 Å². The van der Waals surface area contributed by atoms with E-state index in [2.05, 4.69) is 48.5 Å². The smallest absolute Gasteiger partial charge is 0.183 e. The monoisotopic (exact) mass is 324 g/mol. The Morgan fingerprint density at radius 2 is 1.33 bits per heavy atom. The van der Waals surface area contributed by atoms with Gasteiger partial charge < -0.3 is 14.6 Å². The fourth-order valence-corrected chi connectivity index (χ4v) is 4.26. The highest BCUT2D eigenvalue weighted by molar-refractivity contribution is 5.22. The maximum atomic E-state index is 11.2. The van der Waals surface area contributed by atoms with Crippen LogP contribution in [0.15, 0.2) is 60.7 Å². The number of hydrogen-bond acceptors (Lipinski definition) is 3. The number of aliphatic hydroxyl groups is 1. The maximum Gasteiger partial charge on any atom is 0.183 e. The molecule has 0 amide bonds. The lowest BCUT2D eigenvalue weighted by atomic mass is 9.68. The first-order valence-electron chi connectivity index (χ1n) is 8.74. The Kier molecular flexibility index (Phi) is 4.40. The van der Waals surface area contributed by atoms with E-state index in [-0.39, 0.29) is 5.41 Å². The van der Waals surface area contributed by atoms with Gasteiger partial charge in [0.25, 0.3) is 0 Å². The van der Waals surface area contributed by atoms with Crippen LogP contribution in [0.2, 0.25) is 0 Å². The lowest BCUT2D eigenvalue weighted by Gasteiger charge is -2.38. The van der Waals surface area contributed by atoms with Crippen LogP contribution in [0.1, 0.15) is 17.5 Å². The van der Waals surface area contributed by atoms with Crippen molar-refractivity contribution in [1.82, 2.24) is 0 Å². The minimum Gasteiger partial charge on any atom is -0.387 e. The molecule has 3 saturated heterocycles. The quantitative estimate of drug-likeness (QED) is 0.938. The Hall–Kier alpha value is -1.68. The Labute approximate surface area is 143 Å². The first-order chi connectivity index (χ1) is 11.8. The van der Waals surface area contributed by atoms with Crippen LogP contribution < -0.4 is 0 Å². The average Bonchev–Trinajstić information content (AvgIpc) is 2.82. The van der Waals surface area contributed by atoms with E-state index in [4.69, 9.17) is 9.47 Å². The van der Waals surface area contributed by atoms with E-state index in [9.17, 15) is 5.11 Å². The van der Waals surface area contributed by atoms with Crippen molar-refractivity contribution < 1.29 is 14.6 Å². The van der Waals surface area contributed by atoms with Gasteiger partial charge in [-0.3, -0.25) is 0 Å². The number of benzene rings is 2. The van der Waals surface area contributed by atoms with Crippen molar-refractivity contribution in [3.8, 4) is 0 Å². The second-order valence-electron chi connectivity index (χ2n) is 7.24. The summed E-state index contributed by atoms with van der Waals surface area (Å²) in [7, 11) is 0. The predicted molar refractivity (Wildman–Crippen MR) is 92.5 cm³/mol. The third-order valence-electron chi connectivity index (χ3n) is 5.37. The lowest BCUT2D eigenvalue weighted by Crippen LogP contribution is -2.46. The number of hydrogen-bond donors (Lipinski definition) is 1. The minimum absolute atomic E-state index is 0.259. The standard InChI is InChI=1S/C21H24O3/c22-19-20-23-14-18(15-24-20)13-21(19,11-16-7-3-1-4-8-16)12-17-9-5-2-6-10-17/h1-10,18-20,22H,11-15H2/t18-,19-,20+/m1/s1. The lowest BCUT2D eigenvalue weighted by molar-refractivity contribution is -0.234. The highest BCUT2D eigenvalue weighted by Crippen LogP contribution is 2.44. The van der Waals surface area contributed by atoms with Crippen molar-refractivity contribution in [2.45, 2.75) is 31.7 Å². The molecule has 0 aliphatic carbocycles. The minimum atomic E-state index is -0.620. The molecule has 5 rings (SSSR count). The summed E-state index contributed by atoms with van der Waals surface area (Å²) in [4.78, 5) is 0. The molecule has 3 nitrogen and oxygen atoms in total. The van der Waals surface area contributed by atoms with Gasteiger partial charge in [0.15, 0.2) is 6.29 Å². The first-order valence-corrected chi connectivity index (χ1v) is 8.74. The summed E-state index contributed by atoms with van der Waals surface area (Å²) in [5.74, 6) is 0.353. The fraction of sp³-hybridized carbons (Fsp3) is 0.429. The first kappa shape index (κ1) is 15.8. The molecule has 3 aliphatic rings. The molecule has 3 aliphatic heterocycles. The third kappa shape index (κ3) is 3.12. The Morgan fingerprint density at radius 1 is 0.833 bits per heavy atom. The van der Waals surface area contributed by atoms with Crippen molar-refractivity contribution in [2.75, 3.05) is 13.2 Å². The molecule has 0 radical (unpaired) electrons. The summed E-state index contributed by atoms with van der Waals surface area (Å²) in [6, 6.07) is 20.9. The molecule has 2 bridgehead atoms. The van der Waals surface area contributed by atoms with Gasteiger partial charge in [0.1, 0.15) is 6.10 Å². The third-order valence-corrected chi connectivity index (χ3v) is 5.37. The summed E-state index contributed by atoms with van der Waals surface area (Å²) >= 11 is 0. The van der Waals surface area contributed by atoms with Crippen LogP contribution in [-0.2, 0) is 22.3 Å². The molecular formula is C21H24O3. The zero-order valence-electron chi connectivity index (χ0n) is 13.8. The molecule has 3 fully saturated rings. The second kappa shape index (κ2) is 6.67. The van der Waals surface area contributed by atoms with Crippen molar-refractivity contribution >= 4 is 0 Å². The number of aliphatic hydroxyl groups excluding tert-OH is 1. The van der Waals surface area contributed by atoms with E-state index in [1.165, 1.54) is 11.1 Å². The summed E-state index contributed by atoms with van der Waals surface area (Å²) in [5.41, 5.74) is 2.26. The summed E-state index contributed by atoms with van der Waals surface area (Å²) in [6.07, 6.45) is 1.48. The summed E-state index contributed by atoms with van der Waals surface area (Å²) in [5, 5.41) is 11.2. The molecule has 1 N–H and O–H groups in total. The van der Waals surface area contributed by atoms with Crippen LogP contribution in [0.25, 0.3) is 0 Å². The molecule has 3 heteroatoms. The van der Waals surface area contributed by atoms with Crippen LogP contribution in [0.3, 0.4) is 0 Å². The molecule has 0 spiro atoms. The largest absolute Gasteiger partial charge is 0.387 e. The Bertz CT molecular complexity index is 606. The van der Waals surface area contributed by atoms with E-state index in [0.717, 1.165) is 19.3 Å². The van der Waals surface area contributed by atoms with Gasteiger partial charge >= 0.3 is 0 Å². The Morgan fingerprint density at radius 3 is 1.83 bits per heavy atom. The van der Waals surface area contributed by atoms with E-state index >= 15 is 0 Å². The molecule has 2 aromatic rings. The van der Waals surface area contributed by atoms with Gasteiger partial charge in [-0.15, -0.1) is 0 Å². The SMILES string of the molecule is O[C@@H]1[C@H]2OC[C@H](CO2)CC1(Cc1ccccc1)Cc1ccccc1. The van der Waals surface area contributed by atoms with Crippen LogP contribution in [0.4, 0.5) is 0 Å². The van der Waals surface area contributed by atoms with Gasteiger partial charge in [-0.2, -0.15) is 0 Å². The molecule has 126 valence electrons. The molecule has 3 heterocycles. The van der Waals surface area contributed by atoms with Gasteiger partial charge in [0.2, 0.25) is 0 Å². The molecule has 24 heavy (non-hydrogen) atoms. The van der Waals surface area contributed by atoms with E-state index in [1.807, 2.05) is 12.1 Å². The normalized spacial score (nSPS) is 28.5. The molecule has 2 aromatic carbocycles. The fourth-order valence-electron chi connectivity index (χ4n) is 4.26. The average molecular weight is 324 g/mol. The molecule has 0 unspecified atom stereocenters. The van der Waals surface area contributed by atoms with Crippen molar-refractivity contribution in [3.05, 3.63) is 71.8 Å². The van der Waals surface area contributed by atoms with Crippen LogP contribution >= 0.6 is 0 Å². The van der Waals surface area contributed by atoms with Crippen molar-refractivity contribution in [2.24, 2.45) is 11.3 Å². The van der Waals surface area contributed by atoms with E-state index < -0.39 is 12.4 Å². The van der Waals surface area contributed by atoms with Crippen LogP contribution in [0, 0.1) is 11.3 Å². The van der Waals surface area contributed by atoms with Crippen LogP contribution in [-0.4, -0.2) is 30.7 Å². The molecule has 0 saturated carbocycles. The number of rotatable bonds is 4. The molecular weight excluding hydrogens is 300 g/mol. The zero-order chi connectivity index (χ0) is 16.4. The van der Waals surface area contributed by atoms with E-state index in [1.54, 1.807) is 0 Å². The highest BCUT2D eigenvalue weighted by Gasteiger charge is 2.49. The van der Waals surface area contributed by atoms with Gasteiger partial charge in [0, 0.05) is 11.3 Å². The van der Waals surface area contributed by atoms with Gasteiger partial charge in [-0.1, -0.05) is 60.7 Å². The summed E-state index contributed by atoms with van der Waals surface area (Å²) < 4.78 is 11.5. The predicted octanol–water partition coefficient (Wildman–Crippen LogP) is 3.21. The van der Waals surface area contributed by atoms with Crippen molar-refractivity contribution in [1.29, 1.82) is 0 Å². The number of fused-ring (bicyclic) bond motifs is 4. The molecule has 1 atom stereocenters. The topological polar surface area (TPSA) is 38.7 Å². The zero-order valence-corrected chi connectivity index (χ0v) is 13.8. The highest BCUT2D eigenvalue weighted by atomic mass is 16.7. The number of ether oxygens (including phenoxy) is 2. The second-order valence-corrected chi connectivity index (χ2v) is 7.24. The maximum absolute atomic E-state index is 11.2. The van der Waals surface area contributed by atoms with Gasteiger partial charge in [-0.05, 0) is 30.4 Å². The van der Waals surface area contributed by atoms with Crippen LogP contribution in [0.5, 0.6) is 0 Å². The van der Waals surface area contributed by atoms with Crippen molar-refractivity contribution in [3.63, 3.8) is 0 Å². The summed E-state index contributed by atoms with van der Waals surface area (Å²) in [6.45, 7) is 1.38. The Balaban J connectivity index is 1.71. The molecule has 0 aromatic heterocycles. The van der Waals surface area contributed by atoms with E-state index in [0.29, 0.717) is 19.1 Å². The van der Waals surface area contributed by atoms with Gasteiger partial charge in [0.05, 0.1) is 13.2 Å².